The summed E-state index contributed by atoms with van der Waals surface area (Å²) in [5, 5.41) is 15.1. The predicted octanol–water partition coefficient (Wildman–Crippen LogP) is 1.82. The summed E-state index contributed by atoms with van der Waals surface area (Å²) in [6.07, 6.45) is 0.533. The van der Waals surface area contributed by atoms with E-state index in [1.165, 1.54) is 11.3 Å². The first kappa shape index (κ1) is 14.7. The van der Waals surface area contributed by atoms with E-state index in [0.29, 0.717) is 0 Å². The van der Waals surface area contributed by atoms with Crippen LogP contribution in [-0.4, -0.2) is 37.4 Å². The summed E-state index contributed by atoms with van der Waals surface area (Å²) < 4.78 is 0. The number of rotatable bonds is 4. The molecule has 0 spiro atoms. The van der Waals surface area contributed by atoms with Crippen molar-refractivity contribution in [3.8, 4) is 0 Å². The molecule has 5 nitrogen and oxygen atoms in total. The average molecular weight is 277 g/mol. The van der Waals surface area contributed by atoms with Crippen molar-refractivity contribution in [1.29, 1.82) is 0 Å². The molecule has 0 fully saturated rings. The number of hydrogen-bond acceptors (Lipinski definition) is 3. The lowest BCUT2D eigenvalue weighted by molar-refractivity contribution is 0.126. The fourth-order valence-corrected chi connectivity index (χ4v) is 2.23. The lowest BCUT2D eigenvalue weighted by atomic mass is 10.1. The van der Waals surface area contributed by atoms with Gasteiger partial charge in [0.15, 0.2) is 0 Å². The van der Waals surface area contributed by atoms with Gasteiger partial charge in [-0.1, -0.05) is 19.9 Å². The largest absolute Gasteiger partial charge is 0.391 e. The summed E-state index contributed by atoms with van der Waals surface area (Å²) >= 11 is 0. The second-order valence-corrected chi connectivity index (χ2v) is 5.66. The number of hydrogen-bond donors (Lipinski definition) is 3. The molecular formula is C15H23N3O2. The van der Waals surface area contributed by atoms with E-state index in [1.54, 1.807) is 0 Å². The molecule has 1 aromatic rings. The number of likely N-dealkylation sites (N-methyl/N-ethyl adjacent to an activating group) is 1. The summed E-state index contributed by atoms with van der Waals surface area (Å²) in [6.45, 7) is 5.11. The Labute approximate surface area is 120 Å². The number of nitrogens with one attached hydrogen (secondary N) is 2. The summed E-state index contributed by atoms with van der Waals surface area (Å²) in [7, 11) is 2.05. The quantitative estimate of drug-likeness (QED) is 0.786. The lowest BCUT2D eigenvalue weighted by Gasteiger charge is -2.16. The molecule has 1 aromatic carbocycles. The number of aliphatic hydroxyl groups excluding tert-OH is 1. The second-order valence-electron chi connectivity index (χ2n) is 5.66. The van der Waals surface area contributed by atoms with E-state index in [0.717, 1.165) is 18.7 Å². The van der Waals surface area contributed by atoms with Gasteiger partial charge in [0, 0.05) is 31.5 Å². The summed E-state index contributed by atoms with van der Waals surface area (Å²) in [5.41, 5.74) is 3.26. The molecule has 1 aliphatic heterocycles. The number of anilines is 2. The van der Waals surface area contributed by atoms with Gasteiger partial charge >= 0.3 is 6.03 Å². The number of fused-ring (bicyclic) bond motifs is 1. The third kappa shape index (κ3) is 3.42. The van der Waals surface area contributed by atoms with Crippen LogP contribution in [0.1, 0.15) is 19.4 Å². The van der Waals surface area contributed by atoms with Crippen molar-refractivity contribution in [3.05, 3.63) is 23.8 Å². The topological polar surface area (TPSA) is 64.6 Å². The van der Waals surface area contributed by atoms with Gasteiger partial charge in [-0.15, -0.1) is 0 Å². The number of urea groups is 1. The van der Waals surface area contributed by atoms with Crippen LogP contribution in [0, 0.1) is 5.92 Å². The number of carbonyl (C=O) groups excluding carboxylic acids is 1. The smallest absolute Gasteiger partial charge is 0.319 e. The van der Waals surface area contributed by atoms with Gasteiger partial charge in [-0.3, -0.25) is 0 Å². The molecule has 110 valence electrons. The molecule has 3 N–H and O–H groups in total. The van der Waals surface area contributed by atoms with E-state index < -0.39 is 6.10 Å². The second kappa shape index (κ2) is 6.13. The molecule has 5 heteroatoms. The molecule has 2 amide bonds. The van der Waals surface area contributed by atoms with Crippen LogP contribution < -0.4 is 15.5 Å². The highest BCUT2D eigenvalue weighted by atomic mass is 16.3. The lowest BCUT2D eigenvalue weighted by Crippen LogP contribution is -2.37. The third-order valence-corrected chi connectivity index (χ3v) is 3.71. The number of benzene rings is 1. The number of nitrogens with zero attached hydrogens (tertiary/aromatic N) is 1. The van der Waals surface area contributed by atoms with Crippen molar-refractivity contribution in [2.45, 2.75) is 26.4 Å². The monoisotopic (exact) mass is 277 g/mol. The van der Waals surface area contributed by atoms with E-state index in [9.17, 15) is 9.90 Å². The first-order chi connectivity index (χ1) is 9.47. The van der Waals surface area contributed by atoms with Crippen LogP contribution in [-0.2, 0) is 6.42 Å². The molecule has 0 aliphatic carbocycles. The van der Waals surface area contributed by atoms with Crippen molar-refractivity contribution in [2.24, 2.45) is 5.92 Å². The molecule has 0 saturated heterocycles. The third-order valence-electron chi connectivity index (χ3n) is 3.71. The zero-order valence-corrected chi connectivity index (χ0v) is 12.3. The first-order valence-corrected chi connectivity index (χ1v) is 7.04. The standard InChI is InChI=1S/C15H23N3O2/c1-10(2)14(19)9-16-15(20)17-12-5-4-11-6-7-18(3)13(11)8-12/h4-5,8,10,14,19H,6-7,9H2,1-3H3,(H2,16,17,20). The molecule has 2 rings (SSSR count). The zero-order chi connectivity index (χ0) is 14.7. The normalized spacial score (nSPS) is 15.2. The summed E-state index contributed by atoms with van der Waals surface area (Å²) in [5.74, 6) is 0.129. The molecular weight excluding hydrogens is 254 g/mol. The van der Waals surface area contributed by atoms with Crippen molar-refractivity contribution >= 4 is 17.4 Å². The Morgan fingerprint density at radius 3 is 2.90 bits per heavy atom. The molecule has 20 heavy (non-hydrogen) atoms. The molecule has 0 saturated carbocycles. The van der Waals surface area contributed by atoms with Crippen molar-refractivity contribution in [2.75, 3.05) is 30.4 Å². The first-order valence-electron chi connectivity index (χ1n) is 7.04. The van der Waals surface area contributed by atoms with Crippen LogP contribution in [0.25, 0.3) is 0 Å². The zero-order valence-electron chi connectivity index (χ0n) is 12.3. The Balaban J connectivity index is 1.90. The van der Waals surface area contributed by atoms with Gasteiger partial charge in [0.2, 0.25) is 0 Å². The highest BCUT2D eigenvalue weighted by Gasteiger charge is 2.16. The van der Waals surface area contributed by atoms with Crippen LogP contribution in [0.4, 0.5) is 16.2 Å². The Morgan fingerprint density at radius 2 is 2.20 bits per heavy atom. The Bertz CT molecular complexity index is 488. The Kier molecular flexibility index (Phi) is 4.49. The minimum atomic E-state index is -0.521. The van der Waals surface area contributed by atoms with Crippen molar-refractivity contribution in [3.63, 3.8) is 0 Å². The van der Waals surface area contributed by atoms with E-state index in [2.05, 4.69) is 28.6 Å². The maximum Gasteiger partial charge on any atom is 0.319 e. The number of carbonyl (C=O) groups is 1. The predicted molar refractivity (Wildman–Crippen MR) is 81.3 cm³/mol. The van der Waals surface area contributed by atoms with Crippen LogP contribution >= 0.6 is 0 Å². The highest BCUT2D eigenvalue weighted by molar-refractivity contribution is 5.90. The van der Waals surface area contributed by atoms with Gasteiger partial charge in [0.25, 0.3) is 0 Å². The molecule has 0 aromatic heterocycles. The minimum absolute atomic E-state index is 0.129. The van der Waals surface area contributed by atoms with Gasteiger partial charge < -0.3 is 20.6 Å². The molecule has 0 radical (unpaired) electrons. The van der Waals surface area contributed by atoms with Gasteiger partial charge in [-0.2, -0.15) is 0 Å². The molecule has 1 atom stereocenters. The van der Waals surface area contributed by atoms with Gasteiger partial charge in [0.1, 0.15) is 0 Å². The van der Waals surface area contributed by atoms with Crippen LogP contribution in [0.3, 0.4) is 0 Å². The molecule has 1 unspecified atom stereocenters. The van der Waals surface area contributed by atoms with Gasteiger partial charge in [-0.05, 0) is 30.0 Å². The van der Waals surface area contributed by atoms with Crippen LogP contribution in [0.15, 0.2) is 18.2 Å². The van der Waals surface area contributed by atoms with E-state index >= 15 is 0 Å². The van der Waals surface area contributed by atoms with Gasteiger partial charge in [0.05, 0.1) is 6.10 Å². The maximum atomic E-state index is 11.8. The maximum absolute atomic E-state index is 11.8. The fraction of sp³-hybridized carbons (Fsp3) is 0.533. The Morgan fingerprint density at radius 1 is 1.45 bits per heavy atom. The number of aliphatic hydroxyl groups is 1. The Hall–Kier alpha value is -1.75. The highest BCUT2D eigenvalue weighted by Crippen LogP contribution is 2.29. The minimum Gasteiger partial charge on any atom is -0.391 e. The summed E-state index contributed by atoms with van der Waals surface area (Å²) in [4.78, 5) is 14.0. The molecule has 1 aliphatic rings. The summed E-state index contributed by atoms with van der Waals surface area (Å²) in [6, 6.07) is 5.67. The van der Waals surface area contributed by atoms with Gasteiger partial charge in [-0.25, -0.2) is 4.79 Å². The number of amides is 2. The van der Waals surface area contributed by atoms with E-state index in [1.807, 2.05) is 26.0 Å². The van der Waals surface area contributed by atoms with Crippen LogP contribution in [0.5, 0.6) is 0 Å². The molecule has 1 heterocycles. The average Bonchev–Trinajstić information content (AvgIpc) is 2.77. The van der Waals surface area contributed by atoms with Crippen LogP contribution in [0.2, 0.25) is 0 Å². The fourth-order valence-electron chi connectivity index (χ4n) is 2.23. The van der Waals surface area contributed by atoms with E-state index in [-0.39, 0.29) is 18.5 Å². The van der Waals surface area contributed by atoms with Crippen molar-refractivity contribution in [1.82, 2.24) is 5.32 Å². The molecule has 0 bridgehead atoms. The van der Waals surface area contributed by atoms with Crippen molar-refractivity contribution < 1.29 is 9.90 Å². The van der Waals surface area contributed by atoms with E-state index in [4.69, 9.17) is 0 Å². The SMILES string of the molecule is CC(C)C(O)CNC(=O)Nc1ccc2c(c1)N(C)CC2.